The van der Waals surface area contributed by atoms with Crippen LogP contribution in [0.15, 0.2) is 55.6 Å². The zero-order valence-corrected chi connectivity index (χ0v) is 33.0. The topological polar surface area (TPSA) is 117 Å². The number of aliphatic hydroxyl groups excluding tert-OH is 1. The first-order valence-electron chi connectivity index (χ1n) is 19.1. The number of carbonyl (C=O) groups is 4. The number of allylic oxidation sites excluding steroid dienone is 1. The van der Waals surface area contributed by atoms with E-state index in [1.165, 1.54) is 0 Å². The first kappa shape index (κ1) is 41.3. The number of hydrogen-bond donors (Lipinski definition) is 1. The predicted octanol–water partition coefficient (Wildman–Crippen LogP) is 6.10. The Balaban J connectivity index is 1.78. The van der Waals surface area contributed by atoms with E-state index >= 15 is 4.79 Å². The predicted molar refractivity (Wildman–Crippen MR) is 202 cm³/mol. The van der Waals surface area contributed by atoms with Crippen molar-refractivity contribution in [3.8, 4) is 0 Å². The molecule has 3 saturated heterocycles. The number of rotatable bonds is 17. The highest BCUT2D eigenvalue weighted by Gasteiger charge is 2.76. The summed E-state index contributed by atoms with van der Waals surface area (Å²) in [5.41, 5.74) is -1.27. The van der Waals surface area contributed by atoms with Gasteiger partial charge in [0.2, 0.25) is 17.7 Å². The van der Waals surface area contributed by atoms with E-state index in [1.54, 1.807) is 33.9 Å². The second-order valence-electron chi connectivity index (χ2n) is 17.1. The highest BCUT2D eigenvalue weighted by Crippen LogP contribution is 2.60. The van der Waals surface area contributed by atoms with Crippen LogP contribution in [-0.4, -0.2) is 99.1 Å². The number of fused-ring (bicyclic) bond motifs is 1. The molecule has 0 radical (unpaired) electrons. The van der Waals surface area contributed by atoms with Gasteiger partial charge in [-0.2, -0.15) is 0 Å². The summed E-state index contributed by atoms with van der Waals surface area (Å²) in [7, 11) is 1.70. The van der Waals surface area contributed by atoms with E-state index in [1.807, 2.05) is 65.0 Å². The van der Waals surface area contributed by atoms with Gasteiger partial charge in [0, 0.05) is 25.6 Å². The molecular formula is C42H63N3O7. The van der Waals surface area contributed by atoms with Gasteiger partial charge >= 0.3 is 5.97 Å². The summed E-state index contributed by atoms with van der Waals surface area (Å²) in [6, 6.07) is 7.07. The number of ether oxygens (including phenoxy) is 2. The van der Waals surface area contributed by atoms with Crippen molar-refractivity contribution in [2.75, 3.05) is 20.2 Å². The minimum Gasteiger partial charge on any atom is -0.455 e. The van der Waals surface area contributed by atoms with Crippen LogP contribution < -0.4 is 0 Å². The summed E-state index contributed by atoms with van der Waals surface area (Å²) in [5, 5.41) is 10.8. The first-order chi connectivity index (χ1) is 24.4. The molecule has 0 saturated carbocycles. The summed E-state index contributed by atoms with van der Waals surface area (Å²) in [4.78, 5) is 62.8. The second kappa shape index (κ2) is 16.3. The van der Waals surface area contributed by atoms with Crippen molar-refractivity contribution < 1.29 is 33.8 Å². The quantitative estimate of drug-likeness (QED) is 0.153. The fourth-order valence-corrected chi connectivity index (χ4v) is 9.24. The van der Waals surface area contributed by atoms with Crippen molar-refractivity contribution in [3.05, 3.63) is 61.2 Å². The van der Waals surface area contributed by atoms with E-state index in [-0.39, 0.29) is 48.6 Å². The Morgan fingerprint density at radius 3 is 2.33 bits per heavy atom. The van der Waals surface area contributed by atoms with Crippen molar-refractivity contribution in [2.45, 2.75) is 135 Å². The number of nitrogens with zero attached hydrogens (tertiary/aromatic N) is 3. The fourth-order valence-electron chi connectivity index (χ4n) is 9.24. The maximum Gasteiger partial charge on any atom is 0.313 e. The molecule has 0 unspecified atom stereocenters. The molecule has 1 N–H and O–H groups in total. The minimum absolute atomic E-state index is 0.104. The minimum atomic E-state index is -1.27. The van der Waals surface area contributed by atoms with Crippen molar-refractivity contribution in [1.82, 2.24) is 14.7 Å². The molecule has 1 aromatic rings. The van der Waals surface area contributed by atoms with E-state index in [2.05, 4.69) is 33.9 Å². The van der Waals surface area contributed by atoms with Gasteiger partial charge in [-0.05, 0) is 63.4 Å². The Morgan fingerprint density at radius 2 is 1.77 bits per heavy atom. The zero-order valence-electron chi connectivity index (χ0n) is 33.0. The molecule has 0 aliphatic carbocycles. The standard InChI is InChI=1S/C42H63N3O7/c1-12-15-21-32(47)43(11)28(5)35(29-19-17-16-18-20-29)51-39(50)33-31-22-23-42(52-31)34(33)37(48)45(30(25-46)27(4)14-3)36(42)38(49)44(24-13-2)41(9,10)26-40(6,7)8/h12-13,16-20,27-28,30-31,33-36,46H,1-2,14-15,21-26H2,3-11H3/t27-,28+,30-,31-,33+,34+,35-,36-,42+/m0/s1. The van der Waals surface area contributed by atoms with Crippen LogP contribution in [0.3, 0.4) is 0 Å². The summed E-state index contributed by atoms with van der Waals surface area (Å²) < 4.78 is 13.2. The van der Waals surface area contributed by atoms with Gasteiger partial charge in [-0.1, -0.05) is 83.5 Å². The van der Waals surface area contributed by atoms with Gasteiger partial charge in [0.05, 0.1) is 36.6 Å². The number of esters is 1. The maximum atomic E-state index is 15.2. The maximum absolute atomic E-state index is 15.2. The lowest BCUT2D eigenvalue weighted by molar-refractivity contribution is -0.165. The van der Waals surface area contributed by atoms with Crippen molar-refractivity contribution in [2.24, 2.45) is 23.2 Å². The van der Waals surface area contributed by atoms with E-state index < -0.39 is 59.3 Å². The van der Waals surface area contributed by atoms with Crippen LogP contribution in [-0.2, 0) is 28.7 Å². The lowest BCUT2D eigenvalue weighted by atomic mass is 9.70. The van der Waals surface area contributed by atoms with Gasteiger partial charge in [0.15, 0.2) is 0 Å². The van der Waals surface area contributed by atoms with E-state index in [0.717, 1.165) is 5.56 Å². The van der Waals surface area contributed by atoms with Gasteiger partial charge < -0.3 is 29.3 Å². The largest absolute Gasteiger partial charge is 0.455 e. The molecule has 52 heavy (non-hydrogen) atoms. The third-order valence-electron chi connectivity index (χ3n) is 11.7. The lowest BCUT2D eigenvalue weighted by Gasteiger charge is -2.47. The van der Waals surface area contributed by atoms with Gasteiger partial charge in [-0.15, -0.1) is 13.2 Å². The molecule has 1 spiro atoms. The molecule has 2 bridgehead atoms. The number of likely N-dealkylation sites (N-methyl/N-ethyl adjacent to an activating group) is 1. The second-order valence-corrected chi connectivity index (χ2v) is 17.1. The van der Waals surface area contributed by atoms with Crippen LogP contribution in [0.25, 0.3) is 0 Å². The Morgan fingerprint density at radius 1 is 1.12 bits per heavy atom. The van der Waals surface area contributed by atoms with Crippen LogP contribution in [0.1, 0.15) is 106 Å². The molecule has 10 nitrogen and oxygen atoms in total. The SMILES string of the molecule is C=CCCC(=O)N(C)[C@H](C)[C@H](OC(=O)[C@@H]1[C@@H]2CC[C@]3(O2)[C@H](C(=O)N(CC=C)C(C)(C)CC(C)(C)C)N([C@@H](CO)[C@@H](C)CC)C(=O)[C@@H]13)c1ccccc1. The Bertz CT molecular complexity index is 1470. The highest BCUT2D eigenvalue weighted by molar-refractivity contribution is 5.98. The molecule has 3 heterocycles. The summed E-state index contributed by atoms with van der Waals surface area (Å²) in [6.45, 7) is 23.9. The molecule has 0 aromatic heterocycles. The van der Waals surface area contributed by atoms with Crippen LogP contribution in [0, 0.1) is 23.2 Å². The normalized spacial score (nSPS) is 26.3. The monoisotopic (exact) mass is 721 g/mol. The molecule has 9 atom stereocenters. The van der Waals surface area contributed by atoms with Gasteiger partial charge in [0.1, 0.15) is 17.7 Å². The average molecular weight is 722 g/mol. The summed E-state index contributed by atoms with van der Waals surface area (Å²) in [6.07, 6.45) is 5.02. The third-order valence-corrected chi connectivity index (χ3v) is 11.7. The smallest absolute Gasteiger partial charge is 0.313 e. The molecule has 1 aromatic carbocycles. The molecule has 3 fully saturated rings. The van der Waals surface area contributed by atoms with Crippen LogP contribution in [0.4, 0.5) is 0 Å². The zero-order chi connectivity index (χ0) is 38.8. The Kier molecular flexibility index (Phi) is 12.9. The van der Waals surface area contributed by atoms with Crippen LogP contribution >= 0.6 is 0 Å². The Labute approximate surface area is 311 Å². The molecule has 10 heteroatoms. The number of carbonyl (C=O) groups excluding carboxylic acids is 4. The summed E-state index contributed by atoms with van der Waals surface area (Å²) >= 11 is 0. The molecule has 3 aliphatic heterocycles. The lowest BCUT2D eigenvalue weighted by Crippen LogP contribution is -2.63. The van der Waals surface area contributed by atoms with Crippen LogP contribution in [0.5, 0.6) is 0 Å². The van der Waals surface area contributed by atoms with Crippen LogP contribution in [0.2, 0.25) is 0 Å². The molecule has 288 valence electrons. The fraction of sp³-hybridized carbons (Fsp3) is 0.667. The van der Waals surface area contributed by atoms with Crippen molar-refractivity contribution in [3.63, 3.8) is 0 Å². The Hall–Kier alpha value is -3.50. The van der Waals surface area contributed by atoms with Crippen molar-refractivity contribution in [1.29, 1.82) is 0 Å². The molecule has 4 rings (SSSR count). The van der Waals surface area contributed by atoms with E-state index in [9.17, 15) is 19.5 Å². The number of benzene rings is 1. The van der Waals surface area contributed by atoms with Gasteiger partial charge in [-0.25, -0.2) is 0 Å². The van der Waals surface area contributed by atoms with E-state index in [4.69, 9.17) is 9.47 Å². The number of likely N-dealkylation sites (tertiary alicyclic amines) is 1. The van der Waals surface area contributed by atoms with E-state index in [0.29, 0.717) is 32.1 Å². The summed E-state index contributed by atoms with van der Waals surface area (Å²) in [5.74, 6) is -3.39. The molecule has 3 aliphatic rings. The van der Waals surface area contributed by atoms with Gasteiger partial charge in [0.25, 0.3) is 0 Å². The highest BCUT2D eigenvalue weighted by atomic mass is 16.6. The molecular weight excluding hydrogens is 658 g/mol. The van der Waals surface area contributed by atoms with Crippen molar-refractivity contribution >= 4 is 23.7 Å². The number of aliphatic hydroxyl groups is 1. The number of amides is 3. The van der Waals surface area contributed by atoms with Gasteiger partial charge in [-0.3, -0.25) is 19.2 Å². The first-order valence-corrected chi connectivity index (χ1v) is 19.1. The molecule has 3 amide bonds. The third kappa shape index (κ3) is 7.88. The average Bonchev–Trinajstić information content (AvgIpc) is 3.74. The number of hydrogen-bond acceptors (Lipinski definition) is 7.